The summed E-state index contributed by atoms with van der Waals surface area (Å²) in [7, 11) is 0. The molecule has 0 fully saturated rings. The molecule has 0 unspecified atom stereocenters. The van der Waals surface area contributed by atoms with Crippen LogP contribution in [0.15, 0.2) is 36.7 Å². The number of halogens is 1. The minimum absolute atomic E-state index is 0.0678. The lowest BCUT2D eigenvalue weighted by molar-refractivity contribution is -0.116. The molecule has 0 aliphatic carbocycles. The Morgan fingerprint density at radius 3 is 2.53 bits per heavy atom. The second-order valence-corrected chi connectivity index (χ2v) is 5.53. The van der Waals surface area contributed by atoms with E-state index in [4.69, 9.17) is 11.6 Å². The fraction of sp³-hybridized carbons (Fsp3) is 0.154. The van der Waals surface area contributed by atoms with Gasteiger partial charge in [0.1, 0.15) is 0 Å². The van der Waals surface area contributed by atoms with Gasteiger partial charge in [0.2, 0.25) is 5.91 Å². The molecule has 0 saturated heterocycles. The Hall–Kier alpha value is -1.72. The number of anilines is 1. The molecule has 2 rings (SSSR count). The van der Waals surface area contributed by atoms with Crippen LogP contribution in [0.1, 0.15) is 22.5 Å². The molecule has 0 atom stereocenters. The van der Waals surface area contributed by atoms with Gasteiger partial charge >= 0.3 is 0 Å². The molecule has 0 saturated carbocycles. The summed E-state index contributed by atoms with van der Waals surface area (Å²) in [6, 6.07) is 6.74. The first-order valence-electron chi connectivity index (χ1n) is 5.63. The molecular formula is C13H11ClN2O2S. The third-order valence-electron chi connectivity index (χ3n) is 2.39. The number of thiophene rings is 1. The number of hydrogen-bond donors (Lipinski definition) is 1. The van der Waals surface area contributed by atoms with Crippen LogP contribution in [0, 0.1) is 0 Å². The van der Waals surface area contributed by atoms with Crippen LogP contribution in [0.25, 0.3) is 0 Å². The van der Waals surface area contributed by atoms with Gasteiger partial charge in [0.15, 0.2) is 5.78 Å². The summed E-state index contributed by atoms with van der Waals surface area (Å²) in [4.78, 5) is 27.9. The molecule has 0 spiro atoms. The number of hydrogen-bond acceptors (Lipinski definition) is 4. The van der Waals surface area contributed by atoms with E-state index < -0.39 is 0 Å². The highest BCUT2D eigenvalue weighted by Crippen LogP contribution is 2.22. The summed E-state index contributed by atoms with van der Waals surface area (Å²) in [6.07, 6.45) is 3.51. The van der Waals surface area contributed by atoms with Crippen molar-refractivity contribution in [1.29, 1.82) is 0 Å². The molecule has 4 nitrogen and oxygen atoms in total. The zero-order valence-electron chi connectivity index (χ0n) is 9.93. The van der Waals surface area contributed by atoms with Crippen molar-refractivity contribution in [2.75, 3.05) is 5.32 Å². The van der Waals surface area contributed by atoms with Crippen molar-refractivity contribution >= 4 is 40.3 Å². The molecule has 98 valence electrons. The maximum absolute atomic E-state index is 11.8. The van der Waals surface area contributed by atoms with Gasteiger partial charge in [0, 0.05) is 30.9 Å². The number of nitrogens with zero attached hydrogens (tertiary/aromatic N) is 1. The van der Waals surface area contributed by atoms with Crippen LogP contribution in [0.2, 0.25) is 4.34 Å². The van der Waals surface area contributed by atoms with Crippen LogP contribution in [-0.2, 0) is 4.79 Å². The summed E-state index contributed by atoms with van der Waals surface area (Å²) < 4.78 is 0.574. The van der Waals surface area contributed by atoms with Crippen LogP contribution in [-0.4, -0.2) is 16.7 Å². The zero-order chi connectivity index (χ0) is 13.7. The standard InChI is InChI=1S/C13H11ClN2O2S/c14-12-3-2-11(19-12)10(17)1-4-13(18)16-9-5-7-15-8-6-9/h2-3,5-8H,1,4H2,(H,15,16,18). The lowest BCUT2D eigenvalue weighted by atomic mass is 10.2. The Balaban J connectivity index is 1.82. The van der Waals surface area contributed by atoms with Crippen LogP contribution in [0.5, 0.6) is 0 Å². The number of aromatic nitrogens is 1. The average Bonchev–Trinajstić information content (AvgIpc) is 2.84. The summed E-state index contributed by atoms with van der Waals surface area (Å²) in [5.74, 6) is -0.260. The minimum Gasteiger partial charge on any atom is -0.326 e. The van der Waals surface area contributed by atoms with Gasteiger partial charge in [-0.3, -0.25) is 14.6 Å². The fourth-order valence-electron chi connectivity index (χ4n) is 1.47. The third kappa shape index (κ3) is 4.15. The van der Waals surface area contributed by atoms with E-state index in [0.717, 1.165) is 0 Å². The van der Waals surface area contributed by atoms with Crippen molar-refractivity contribution in [3.63, 3.8) is 0 Å². The van der Waals surface area contributed by atoms with Gasteiger partial charge in [-0.1, -0.05) is 11.6 Å². The third-order valence-corrected chi connectivity index (χ3v) is 3.66. The summed E-state index contributed by atoms with van der Waals surface area (Å²) in [5.41, 5.74) is 0.673. The van der Waals surface area contributed by atoms with Gasteiger partial charge in [0.25, 0.3) is 0 Å². The largest absolute Gasteiger partial charge is 0.326 e. The van der Waals surface area contributed by atoms with Crippen LogP contribution >= 0.6 is 22.9 Å². The first kappa shape index (κ1) is 13.7. The molecule has 19 heavy (non-hydrogen) atoms. The maximum Gasteiger partial charge on any atom is 0.224 e. The molecule has 6 heteroatoms. The van der Waals surface area contributed by atoms with E-state index in [-0.39, 0.29) is 24.5 Å². The number of ketones is 1. The minimum atomic E-state index is -0.192. The lowest BCUT2D eigenvalue weighted by Crippen LogP contribution is -2.13. The first-order valence-corrected chi connectivity index (χ1v) is 6.83. The number of carbonyl (C=O) groups is 2. The molecule has 2 heterocycles. The average molecular weight is 295 g/mol. The number of rotatable bonds is 5. The van der Waals surface area contributed by atoms with Crippen molar-refractivity contribution in [2.24, 2.45) is 0 Å². The van der Waals surface area contributed by atoms with E-state index in [2.05, 4.69) is 10.3 Å². The van der Waals surface area contributed by atoms with E-state index in [9.17, 15) is 9.59 Å². The predicted octanol–water partition coefficient (Wildman–Crippen LogP) is 3.40. The Bertz CT molecular complexity index is 583. The molecule has 0 aliphatic heterocycles. The Kier molecular flexibility index (Phi) is 4.65. The van der Waals surface area contributed by atoms with Crippen molar-refractivity contribution < 1.29 is 9.59 Å². The van der Waals surface area contributed by atoms with E-state index in [1.165, 1.54) is 11.3 Å². The molecule has 2 aromatic rings. The predicted molar refractivity (Wildman–Crippen MR) is 75.8 cm³/mol. The van der Waals surface area contributed by atoms with Gasteiger partial charge in [-0.25, -0.2) is 0 Å². The molecule has 0 bridgehead atoms. The highest BCUT2D eigenvalue weighted by Gasteiger charge is 2.11. The van der Waals surface area contributed by atoms with Crippen molar-refractivity contribution in [3.8, 4) is 0 Å². The molecule has 0 aliphatic rings. The maximum atomic E-state index is 11.8. The number of pyridine rings is 1. The van der Waals surface area contributed by atoms with E-state index in [1.54, 1.807) is 36.7 Å². The van der Waals surface area contributed by atoms with Crippen LogP contribution < -0.4 is 5.32 Å². The van der Waals surface area contributed by atoms with E-state index in [0.29, 0.717) is 14.9 Å². The Morgan fingerprint density at radius 2 is 1.89 bits per heavy atom. The Morgan fingerprint density at radius 1 is 1.16 bits per heavy atom. The molecular weight excluding hydrogens is 284 g/mol. The van der Waals surface area contributed by atoms with Gasteiger partial charge in [0.05, 0.1) is 9.21 Å². The smallest absolute Gasteiger partial charge is 0.224 e. The normalized spacial score (nSPS) is 10.2. The molecule has 0 aromatic carbocycles. The van der Waals surface area contributed by atoms with Crippen molar-refractivity contribution in [3.05, 3.63) is 45.9 Å². The van der Waals surface area contributed by atoms with Gasteiger partial charge in [-0.2, -0.15) is 0 Å². The second-order valence-electron chi connectivity index (χ2n) is 3.81. The topological polar surface area (TPSA) is 59.1 Å². The molecule has 1 amide bonds. The molecule has 2 aromatic heterocycles. The summed E-state index contributed by atoms with van der Waals surface area (Å²) in [5, 5.41) is 2.70. The first-order chi connectivity index (χ1) is 9.15. The lowest BCUT2D eigenvalue weighted by Gasteiger charge is -2.03. The zero-order valence-corrected chi connectivity index (χ0v) is 11.5. The summed E-state index contributed by atoms with van der Waals surface area (Å²) in [6.45, 7) is 0. The van der Waals surface area contributed by atoms with Crippen LogP contribution in [0.3, 0.4) is 0 Å². The van der Waals surface area contributed by atoms with Gasteiger partial charge < -0.3 is 5.32 Å². The summed E-state index contributed by atoms with van der Waals surface area (Å²) >= 11 is 6.98. The molecule has 0 radical (unpaired) electrons. The van der Waals surface area contributed by atoms with E-state index >= 15 is 0 Å². The SMILES string of the molecule is O=C(CCC(=O)c1ccc(Cl)s1)Nc1ccncc1. The van der Waals surface area contributed by atoms with Crippen LogP contribution in [0.4, 0.5) is 5.69 Å². The molecule has 1 N–H and O–H groups in total. The van der Waals surface area contributed by atoms with Crippen molar-refractivity contribution in [2.45, 2.75) is 12.8 Å². The van der Waals surface area contributed by atoms with E-state index in [1.807, 2.05) is 0 Å². The quantitative estimate of drug-likeness (QED) is 0.860. The fourth-order valence-corrected chi connectivity index (χ4v) is 2.48. The number of nitrogens with one attached hydrogen (secondary N) is 1. The van der Waals surface area contributed by atoms with Gasteiger partial charge in [-0.05, 0) is 24.3 Å². The number of carbonyl (C=O) groups excluding carboxylic acids is 2. The van der Waals surface area contributed by atoms with Gasteiger partial charge in [-0.15, -0.1) is 11.3 Å². The number of Topliss-reactive ketones (excluding diaryl/α,β-unsaturated/α-hetero) is 1. The Labute approximate surface area is 119 Å². The number of amides is 1. The van der Waals surface area contributed by atoms with Crippen molar-refractivity contribution in [1.82, 2.24) is 4.98 Å². The highest BCUT2D eigenvalue weighted by atomic mass is 35.5. The highest BCUT2D eigenvalue weighted by molar-refractivity contribution is 7.18. The monoisotopic (exact) mass is 294 g/mol. The second kappa shape index (κ2) is 6.45.